The molecule has 0 aromatic carbocycles. The minimum absolute atomic E-state index is 0.0744. The van der Waals surface area contributed by atoms with Gasteiger partial charge in [0.2, 0.25) is 0 Å². The van der Waals surface area contributed by atoms with Gasteiger partial charge in [0, 0.05) is 20.6 Å². The van der Waals surface area contributed by atoms with E-state index >= 15 is 0 Å². The molecule has 1 unspecified atom stereocenters. The molecule has 1 heterocycles. The molecule has 176 valence electrons. The Balaban J connectivity index is 1.93. The molecule has 7 heteroatoms. The van der Waals surface area contributed by atoms with E-state index in [1.54, 1.807) is 11.3 Å². The topological polar surface area (TPSA) is 77.8 Å². The third kappa shape index (κ3) is 7.86. The van der Waals surface area contributed by atoms with Crippen LogP contribution in [0.1, 0.15) is 60.8 Å². The second-order valence-corrected chi connectivity index (χ2v) is 10.9. The number of thiophene rings is 1. The molecule has 2 radical (unpaired) electrons. The van der Waals surface area contributed by atoms with Gasteiger partial charge in [0.15, 0.2) is 0 Å². The third-order valence-electron chi connectivity index (χ3n) is 6.48. The Kier molecular flexibility index (Phi) is 11.7. The van der Waals surface area contributed by atoms with Gasteiger partial charge in [0.25, 0.3) is 0 Å². The van der Waals surface area contributed by atoms with Gasteiger partial charge in [-0.05, 0) is 91.1 Å². The van der Waals surface area contributed by atoms with E-state index in [2.05, 4.69) is 41.9 Å². The van der Waals surface area contributed by atoms with E-state index in [-0.39, 0.29) is 24.2 Å². The maximum atomic E-state index is 10.6. The molecule has 2 rings (SSSR count). The van der Waals surface area contributed by atoms with Crippen molar-refractivity contribution < 1.29 is 20.1 Å². The highest BCUT2D eigenvalue weighted by atomic mass is 79.9. The van der Waals surface area contributed by atoms with E-state index in [1.165, 1.54) is 19.8 Å². The lowest BCUT2D eigenvalue weighted by molar-refractivity contribution is -0.137. The Morgan fingerprint density at radius 2 is 2.12 bits per heavy atom. The lowest BCUT2D eigenvalue weighted by atomic mass is 9.80. The summed E-state index contributed by atoms with van der Waals surface area (Å²) in [6.45, 7) is 4.28. The summed E-state index contributed by atoms with van der Waals surface area (Å²) in [6, 6.07) is 0. The summed E-state index contributed by atoms with van der Waals surface area (Å²) < 4.78 is 1.20. The number of aliphatic carboxylic acids is 1. The molecule has 3 N–H and O–H groups in total. The predicted octanol–water partition coefficient (Wildman–Crippen LogP) is 5.63. The van der Waals surface area contributed by atoms with E-state index in [0.717, 1.165) is 25.7 Å². The number of carboxylic acid groups (broad SMARTS) is 1. The van der Waals surface area contributed by atoms with Crippen molar-refractivity contribution in [3.05, 3.63) is 44.1 Å². The second-order valence-electron chi connectivity index (χ2n) is 8.75. The number of rotatable bonds is 13. The fourth-order valence-electron chi connectivity index (χ4n) is 4.67. The van der Waals surface area contributed by atoms with Crippen LogP contribution in [0.25, 0.3) is 0 Å². The summed E-state index contributed by atoms with van der Waals surface area (Å²) in [6.07, 6.45) is 13.1. The number of aliphatic hydroxyl groups excluding tert-OH is 2. The van der Waals surface area contributed by atoms with Gasteiger partial charge >= 0.3 is 5.97 Å². The lowest BCUT2D eigenvalue weighted by Gasteiger charge is -2.21. The highest BCUT2D eigenvalue weighted by Gasteiger charge is 2.39. The van der Waals surface area contributed by atoms with Crippen LogP contribution in [0.4, 0.5) is 0 Å². The zero-order valence-corrected chi connectivity index (χ0v) is 21.6. The number of unbranched alkanes of at least 4 members (excludes halogenated alkanes) is 1. The third-order valence-corrected chi connectivity index (χ3v) is 9.02. The Morgan fingerprint density at radius 1 is 1.38 bits per heavy atom. The standard InChI is InChI=1S/C25H36BBrO4S/c1-3-19-23(32-16(2)25(19)27)13-11-18(28)10-12-20-17(15-26)14-22(29)21(20)8-6-4-5-7-9-24(30)31/h4,6,10,12,17-18,20-22,28-29H,3,5,7-9,11,13-15H2,1-2H3,(H,30,31)/t17-,18+,20-,21+,22?/m0/s1. The second kappa shape index (κ2) is 13.7. The number of allylic oxidation sites excluding steroid dienone is 3. The average Bonchev–Trinajstić information content (AvgIpc) is 3.21. The van der Waals surface area contributed by atoms with Crippen LogP contribution in [0.2, 0.25) is 6.32 Å². The van der Waals surface area contributed by atoms with Gasteiger partial charge in [0.1, 0.15) is 0 Å². The molecule has 1 aliphatic carbocycles. The monoisotopic (exact) mass is 522 g/mol. The first kappa shape index (κ1) is 27.4. The average molecular weight is 523 g/mol. The molecule has 4 nitrogen and oxygen atoms in total. The van der Waals surface area contributed by atoms with Crippen molar-refractivity contribution in [1.29, 1.82) is 0 Å². The molecule has 0 aliphatic heterocycles. The molecular formula is C25H36BBrO4S. The highest BCUT2D eigenvalue weighted by Crippen LogP contribution is 2.42. The molecule has 1 aliphatic rings. The predicted molar refractivity (Wildman–Crippen MR) is 137 cm³/mol. The normalized spacial score (nSPS) is 24.7. The smallest absolute Gasteiger partial charge is 0.303 e. The van der Waals surface area contributed by atoms with Crippen LogP contribution in [0.3, 0.4) is 0 Å². The van der Waals surface area contributed by atoms with Crippen molar-refractivity contribution in [1.82, 2.24) is 0 Å². The lowest BCUT2D eigenvalue weighted by Crippen LogP contribution is -2.19. The number of aryl methyl sites for hydroxylation is 2. The zero-order valence-electron chi connectivity index (χ0n) is 19.2. The first-order valence-corrected chi connectivity index (χ1v) is 13.3. The Bertz CT molecular complexity index is 791. The van der Waals surface area contributed by atoms with Crippen LogP contribution >= 0.6 is 27.3 Å². The first-order valence-electron chi connectivity index (χ1n) is 11.7. The number of halogens is 1. The van der Waals surface area contributed by atoms with Crippen LogP contribution in [0.5, 0.6) is 0 Å². The van der Waals surface area contributed by atoms with Crippen molar-refractivity contribution in [2.75, 3.05) is 0 Å². The number of hydrogen-bond donors (Lipinski definition) is 3. The van der Waals surface area contributed by atoms with E-state index in [1.807, 2.05) is 12.2 Å². The molecule has 32 heavy (non-hydrogen) atoms. The van der Waals surface area contributed by atoms with Crippen LogP contribution in [0, 0.1) is 24.7 Å². The SMILES string of the molecule is [B]C[C@@H]1CC(O)[C@H](CC=CCCCC(=O)O)[C@H]1C=C[C@@H](O)CCc1sc(C)c(Br)c1CC. The quantitative estimate of drug-likeness (QED) is 0.178. The highest BCUT2D eigenvalue weighted by molar-refractivity contribution is 9.10. The summed E-state index contributed by atoms with van der Waals surface area (Å²) in [5, 5.41) is 29.9. The van der Waals surface area contributed by atoms with Crippen molar-refractivity contribution in [2.45, 2.75) is 83.7 Å². The van der Waals surface area contributed by atoms with Crippen molar-refractivity contribution >= 4 is 41.1 Å². The summed E-state index contributed by atoms with van der Waals surface area (Å²) >= 11 is 5.48. The number of carbonyl (C=O) groups is 1. The fraction of sp³-hybridized carbons (Fsp3) is 0.640. The number of aliphatic hydroxyl groups is 2. The summed E-state index contributed by atoms with van der Waals surface area (Å²) in [4.78, 5) is 13.2. The number of carboxylic acids is 1. The maximum Gasteiger partial charge on any atom is 0.303 e. The van der Waals surface area contributed by atoms with Gasteiger partial charge in [-0.25, -0.2) is 0 Å². The maximum absolute atomic E-state index is 10.6. The van der Waals surface area contributed by atoms with Gasteiger partial charge < -0.3 is 15.3 Å². The zero-order chi connectivity index (χ0) is 23.7. The van der Waals surface area contributed by atoms with Crippen LogP contribution in [-0.4, -0.2) is 41.3 Å². The Labute approximate surface area is 206 Å². The summed E-state index contributed by atoms with van der Waals surface area (Å²) in [7, 11) is 5.98. The molecule has 0 saturated heterocycles. The summed E-state index contributed by atoms with van der Waals surface area (Å²) in [5.41, 5.74) is 1.35. The van der Waals surface area contributed by atoms with Crippen LogP contribution < -0.4 is 0 Å². The molecule has 1 saturated carbocycles. The van der Waals surface area contributed by atoms with Gasteiger partial charge in [-0.2, -0.15) is 0 Å². The molecule has 0 bridgehead atoms. The van der Waals surface area contributed by atoms with E-state index in [0.29, 0.717) is 25.6 Å². The molecule has 0 spiro atoms. The van der Waals surface area contributed by atoms with Crippen molar-refractivity contribution in [2.24, 2.45) is 17.8 Å². The molecular weight excluding hydrogens is 487 g/mol. The molecule has 1 aromatic heterocycles. The number of hydrogen-bond acceptors (Lipinski definition) is 4. The van der Waals surface area contributed by atoms with E-state index in [4.69, 9.17) is 13.0 Å². The Morgan fingerprint density at radius 3 is 2.78 bits per heavy atom. The van der Waals surface area contributed by atoms with Crippen LogP contribution in [-0.2, 0) is 17.6 Å². The summed E-state index contributed by atoms with van der Waals surface area (Å²) in [5.74, 6) is -0.351. The van der Waals surface area contributed by atoms with Crippen molar-refractivity contribution in [3.8, 4) is 0 Å². The van der Waals surface area contributed by atoms with Gasteiger partial charge in [-0.1, -0.05) is 37.5 Å². The Hall–Kier alpha value is -0.885. The van der Waals surface area contributed by atoms with Gasteiger partial charge in [0.05, 0.1) is 20.1 Å². The van der Waals surface area contributed by atoms with E-state index in [9.17, 15) is 15.0 Å². The molecule has 1 fully saturated rings. The van der Waals surface area contributed by atoms with E-state index < -0.39 is 18.2 Å². The fourth-order valence-corrected chi connectivity index (χ4v) is 6.74. The molecule has 0 amide bonds. The minimum atomic E-state index is -0.771. The largest absolute Gasteiger partial charge is 0.481 e. The van der Waals surface area contributed by atoms with Crippen molar-refractivity contribution in [3.63, 3.8) is 0 Å². The van der Waals surface area contributed by atoms with Gasteiger partial charge in [-0.15, -0.1) is 11.3 Å². The molecule has 5 atom stereocenters. The molecule has 1 aromatic rings. The first-order chi connectivity index (χ1) is 15.3. The minimum Gasteiger partial charge on any atom is -0.481 e. The van der Waals surface area contributed by atoms with Gasteiger partial charge in [-0.3, -0.25) is 4.79 Å². The van der Waals surface area contributed by atoms with Crippen LogP contribution in [0.15, 0.2) is 28.8 Å².